The Kier molecular flexibility index (Phi) is 8.13. The molecule has 34 heavy (non-hydrogen) atoms. The largest absolute Gasteiger partial charge is 0.474 e. The topological polar surface area (TPSA) is 57.6 Å². The first kappa shape index (κ1) is 23.7. The Morgan fingerprint density at radius 2 is 1.47 bits per heavy atom. The lowest BCUT2D eigenvalue weighted by Gasteiger charge is -2.34. The predicted molar refractivity (Wildman–Crippen MR) is 136 cm³/mol. The molecule has 4 rings (SSSR count). The molecule has 0 bridgehead atoms. The van der Waals surface area contributed by atoms with Gasteiger partial charge in [-0.3, -0.25) is 4.79 Å². The van der Waals surface area contributed by atoms with Crippen LogP contribution in [0, 0.1) is 5.92 Å². The summed E-state index contributed by atoms with van der Waals surface area (Å²) in [5.74, 6) is -1.63. The molecule has 3 aromatic rings. The highest BCUT2D eigenvalue weighted by Gasteiger charge is 2.30. The van der Waals surface area contributed by atoms with Gasteiger partial charge in [0.1, 0.15) is 0 Å². The van der Waals surface area contributed by atoms with E-state index in [-0.39, 0.29) is 5.92 Å². The molecular weight excluding hydrogens is 422 g/mol. The smallest absolute Gasteiger partial charge is 0.394 e. The van der Waals surface area contributed by atoms with E-state index in [9.17, 15) is 14.7 Å². The van der Waals surface area contributed by atoms with Crippen molar-refractivity contribution in [1.82, 2.24) is 4.90 Å². The summed E-state index contributed by atoms with van der Waals surface area (Å²) in [6.07, 6.45) is 6.51. The van der Waals surface area contributed by atoms with Crippen LogP contribution in [0.5, 0.6) is 0 Å². The van der Waals surface area contributed by atoms with E-state index in [1.165, 1.54) is 24.8 Å². The zero-order chi connectivity index (χ0) is 23.8. The first-order valence-electron chi connectivity index (χ1n) is 12.3. The Bertz CT molecular complexity index is 1070. The molecule has 1 fully saturated rings. The van der Waals surface area contributed by atoms with Gasteiger partial charge in [0.2, 0.25) is 0 Å². The van der Waals surface area contributed by atoms with Gasteiger partial charge < -0.3 is 10.0 Å². The van der Waals surface area contributed by atoms with E-state index in [1.54, 1.807) is 4.90 Å². The van der Waals surface area contributed by atoms with E-state index >= 15 is 0 Å². The molecule has 1 amide bonds. The molecule has 1 saturated carbocycles. The standard InChI is InChI=1S/C30H33NO3/c32-29(30(33)34)31(20-19-23-11-4-1-5-12-23)22-28(25-15-8-3-9-16-25)27-18-10-17-26(21-27)24-13-6-2-7-14-24/h1-2,4-7,10-14,17-18,21,25,28H,3,8-9,15-16,19-20,22H2,(H,33,34)/t28-/m1/s1. The molecule has 0 unspecified atom stereocenters. The van der Waals surface area contributed by atoms with Crippen LogP contribution in [0.25, 0.3) is 11.1 Å². The second-order valence-electron chi connectivity index (χ2n) is 9.29. The fourth-order valence-corrected chi connectivity index (χ4v) is 5.20. The maximum atomic E-state index is 12.7. The summed E-state index contributed by atoms with van der Waals surface area (Å²) in [7, 11) is 0. The van der Waals surface area contributed by atoms with Crippen LogP contribution in [0.2, 0.25) is 0 Å². The van der Waals surface area contributed by atoms with Gasteiger partial charge in [-0.15, -0.1) is 0 Å². The average molecular weight is 456 g/mol. The number of benzene rings is 3. The number of amides is 1. The summed E-state index contributed by atoms with van der Waals surface area (Å²) in [6, 6.07) is 28.8. The minimum atomic E-state index is -1.38. The molecule has 4 heteroatoms. The van der Waals surface area contributed by atoms with E-state index in [1.807, 2.05) is 48.5 Å². The highest BCUT2D eigenvalue weighted by molar-refractivity contribution is 6.31. The van der Waals surface area contributed by atoms with Gasteiger partial charge in [-0.05, 0) is 47.4 Å². The number of aliphatic carboxylic acids is 1. The van der Waals surface area contributed by atoms with Crippen LogP contribution in [-0.4, -0.2) is 35.0 Å². The number of carboxylic acid groups (broad SMARTS) is 1. The van der Waals surface area contributed by atoms with Gasteiger partial charge >= 0.3 is 11.9 Å². The number of carbonyl (C=O) groups excluding carboxylic acids is 1. The van der Waals surface area contributed by atoms with Gasteiger partial charge in [0.05, 0.1) is 0 Å². The van der Waals surface area contributed by atoms with E-state index in [2.05, 4.69) is 36.4 Å². The summed E-state index contributed by atoms with van der Waals surface area (Å²) in [4.78, 5) is 26.0. The third-order valence-electron chi connectivity index (χ3n) is 7.04. The summed E-state index contributed by atoms with van der Waals surface area (Å²) < 4.78 is 0. The zero-order valence-corrected chi connectivity index (χ0v) is 19.6. The minimum absolute atomic E-state index is 0.114. The van der Waals surface area contributed by atoms with Crippen molar-refractivity contribution in [2.24, 2.45) is 5.92 Å². The molecule has 0 aliphatic heterocycles. The van der Waals surface area contributed by atoms with Crippen LogP contribution in [0.15, 0.2) is 84.9 Å². The number of carboxylic acids is 1. The Hall–Kier alpha value is -3.40. The molecule has 1 N–H and O–H groups in total. The van der Waals surface area contributed by atoms with Gasteiger partial charge in [0, 0.05) is 19.0 Å². The van der Waals surface area contributed by atoms with E-state index in [4.69, 9.17) is 0 Å². The second kappa shape index (κ2) is 11.6. The monoisotopic (exact) mass is 455 g/mol. The number of hydrogen-bond donors (Lipinski definition) is 1. The molecule has 0 radical (unpaired) electrons. The van der Waals surface area contributed by atoms with Gasteiger partial charge in [-0.2, -0.15) is 0 Å². The number of hydrogen-bond acceptors (Lipinski definition) is 2. The van der Waals surface area contributed by atoms with Crippen molar-refractivity contribution >= 4 is 11.9 Å². The Morgan fingerprint density at radius 3 is 2.15 bits per heavy atom. The van der Waals surface area contributed by atoms with Crippen molar-refractivity contribution in [3.63, 3.8) is 0 Å². The molecule has 4 nitrogen and oxygen atoms in total. The maximum Gasteiger partial charge on any atom is 0.394 e. The minimum Gasteiger partial charge on any atom is -0.474 e. The predicted octanol–water partition coefficient (Wildman–Crippen LogP) is 6.17. The van der Waals surface area contributed by atoms with Crippen molar-refractivity contribution in [3.8, 4) is 11.1 Å². The van der Waals surface area contributed by atoms with E-state index in [0.29, 0.717) is 25.4 Å². The number of carbonyl (C=O) groups is 2. The molecule has 176 valence electrons. The van der Waals surface area contributed by atoms with Crippen LogP contribution in [0.3, 0.4) is 0 Å². The fraction of sp³-hybridized carbons (Fsp3) is 0.333. The molecule has 0 spiro atoms. The molecule has 1 aliphatic rings. The molecule has 3 aromatic carbocycles. The lowest BCUT2D eigenvalue weighted by Crippen LogP contribution is -2.42. The molecular formula is C30H33NO3. The fourth-order valence-electron chi connectivity index (χ4n) is 5.20. The molecule has 1 atom stereocenters. The van der Waals surface area contributed by atoms with E-state index < -0.39 is 11.9 Å². The van der Waals surface area contributed by atoms with Crippen molar-refractivity contribution in [2.45, 2.75) is 44.4 Å². The zero-order valence-electron chi connectivity index (χ0n) is 19.6. The first-order valence-corrected chi connectivity index (χ1v) is 12.3. The van der Waals surface area contributed by atoms with Gasteiger partial charge in [0.15, 0.2) is 0 Å². The Balaban J connectivity index is 1.62. The van der Waals surface area contributed by atoms with Gasteiger partial charge in [0.25, 0.3) is 0 Å². The third-order valence-corrected chi connectivity index (χ3v) is 7.04. The Labute approximate surface area is 202 Å². The average Bonchev–Trinajstić information content (AvgIpc) is 2.90. The molecule has 1 aliphatic carbocycles. The van der Waals surface area contributed by atoms with Crippen LogP contribution in [0.4, 0.5) is 0 Å². The van der Waals surface area contributed by atoms with Crippen molar-refractivity contribution < 1.29 is 14.7 Å². The second-order valence-corrected chi connectivity index (χ2v) is 9.29. The molecule has 0 heterocycles. The van der Waals surface area contributed by atoms with Crippen LogP contribution < -0.4 is 0 Å². The van der Waals surface area contributed by atoms with E-state index in [0.717, 1.165) is 29.5 Å². The quantitative estimate of drug-likeness (QED) is 0.413. The van der Waals surface area contributed by atoms with Crippen molar-refractivity contribution in [2.75, 3.05) is 13.1 Å². The maximum absolute atomic E-state index is 12.7. The Morgan fingerprint density at radius 1 is 0.824 bits per heavy atom. The summed E-state index contributed by atoms with van der Waals surface area (Å²) >= 11 is 0. The van der Waals surface area contributed by atoms with Crippen molar-refractivity contribution in [3.05, 3.63) is 96.1 Å². The highest BCUT2D eigenvalue weighted by atomic mass is 16.4. The van der Waals surface area contributed by atoms with Crippen LogP contribution in [-0.2, 0) is 16.0 Å². The van der Waals surface area contributed by atoms with Gasteiger partial charge in [-0.1, -0.05) is 104 Å². The van der Waals surface area contributed by atoms with Crippen LogP contribution >= 0.6 is 0 Å². The summed E-state index contributed by atoms with van der Waals surface area (Å²) in [5.41, 5.74) is 4.61. The number of nitrogens with zero attached hydrogens (tertiary/aromatic N) is 1. The van der Waals surface area contributed by atoms with Crippen molar-refractivity contribution in [1.29, 1.82) is 0 Å². The van der Waals surface area contributed by atoms with Gasteiger partial charge in [-0.25, -0.2) is 4.79 Å². The number of rotatable bonds is 8. The third kappa shape index (κ3) is 6.13. The molecule has 0 saturated heterocycles. The summed E-state index contributed by atoms with van der Waals surface area (Å²) in [5, 5.41) is 9.54. The first-order chi connectivity index (χ1) is 16.6. The SMILES string of the molecule is O=C(O)C(=O)N(CCc1ccccc1)C[C@@H](c1cccc(-c2ccccc2)c1)C1CCCCC1. The lowest BCUT2D eigenvalue weighted by molar-refractivity contribution is -0.156. The van der Waals surface area contributed by atoms with Crippen LogP contribution in [0.1, 0.15) is 49.1 Å². The lowest BCUT2D eigenvalue weighted by atomic mass is 9.76. The summed E-state index contributed by atoms with van der Waals surface area (Å²) in [6.45, 7) is 0.831. The molecule has 0 aromatic heterocycles. The highest BCUT2D eigenvalue weighted by Crippen LogP contribution is 2.38. The normalized spacial score (nSPS) is 14.9.